The number of hydrogen-bond donors (Lipinski definition) is 2. The molecule has 2 nitrogen and oxygen atoms in total. The van der Waals surface area contributed by atoms with Crippen LogP contribution >= 0.6 is 0 Å². The first-order chi connectivity index (χ1) is 8.24. The Morgan fingerprint density at radius 2 is 2.06 bits per heavy atom. The zero-order valence-electron chi connectivity index (χ0n) is 11.0. The largest absolute Gasteiger partial charge is 0.330 e. The molecule has 2 rings (SSSR count). The molecule has 94 valence electrons. The van der Waals surface area contributed by atoms with Crippen LogP contribution in [0.5, 0.6) is 0 Å². The molecule has 0 heterocycles. The van der Waals surface area contributed by atoms with Crippen LogP contribution in [-0.4, -0.2) is 13.6 Å². The summed E-state index contributed by atoms with van der Waals surface area (Å²) in [6.45, 7) is 2.99. The molecule has 0 spiro atoms. The zero-order chi connectivity index (χ0) is 12.3. The lowest BCUT2D eigenvalue weighted by atomic mass is 9.94. The van der Waals surface area contributed by atoms with Gasteiger partial charge < -0.3 is 11.1 Å². The van der Waals surface area contributed by atoms with E-state index in [9.17, 15) is 0 Å². The Balaban J connectivity index is 2.14. The second-order valence-electron chi connectivity index (χ2n) is 5.30. The van der Waals surface area contributed by atoms with E-state index in [1.807, 2.05) is 7.05 Å². The maximum atomic E-state index is 5.72. The lowest BCUT2D eigenvalue weighted by molar-refractivity contribution is 0.437. The molecule has 0 bridgehead atoms. The number of fused-ring (bicyclic) bond motifs is 1. The van der Waals surface area contributed by atoms with Crippen LogP contribution in [0.25, 0.3) is 0 Å². The van der Waals surface area contributed by atoms with Crippen molar-refractivity contribution in [2.75, 3.05) is 13.6 Å². The third-order valence-electron chi connectivity index (χ3n) is 3.91. The maximum absolute atomic E-state index is 5.72. The Bertz CT molecular complexity index is 373. The van der Waals surface area contributed by atoms with Crippen molar-refractivity contribution in [2.45, 2.75) is 38.6 Å². The summed E-state index contributed by atoms with van der Waals surface area (Å²) in [4.78, 5) is 0. The Labute approximate surface area is 105 Å². The van der Waals surface area contributed by atoms with Crippen LogP contribution in [0.4, 0.5) is 0 Å². The molecule has 0 radical (unpaired) electrons. The fourth-order valence-corrected chi connectivity index (χ4v) is 2.73. The van der Waals surface area contributed by atoms with Gasteiger partial charge >= 0.3 is 0 Å². The fraction of sp³-hybridized carbons (Fsp3) is 0.600. The highest BCUT2D eigenvalue weighted by Gasteiger charge is 2.16. The highest BCUT2D eigenvalue weighted by Crippen LogP contribution is 2.27. The summed E-state index contributed by atoms with van der Waals surface area (Å²) in [6.07, 6.45) is 4.96. The van der Waals surface area contributed by atoms with E-state index in [4.69, 9.17) is 5.73 Å². The standard InChI is InChI=1S/C15H24N2/c1-11(10-16)8-15(17-2)14-7-6-12-4-3-5-13(12)9-14/h6-7,9,11,15,17H,3-5,8,10,16H2,1-2H3. The van der Waals surface area contributed by atoms with E-state index < -0.39 is 0 Å². The van der Waals surface area contributed by atoms with Crippen molar-refractivity contribution in [2.24, 2.45) is 11.7 Å². The van der Waals surface area contributed by atoms with Crippen LogP contribution < -0.4 is 11.1 Å². The number of nitrogens with two attached hydrogens (primary N) is 1. The molecule has 2 heteroatoms. The minimum Gasteiger partial charge on any atom is -0.330 e. The predicted molar refractivity (Wildman–Crippen MR) is 73.1 cm³/mol. The first-order valence-electron chi connectivity index (χ1n) is 6.73. The molecule has 1 aliphatic rings. The number of aryl methyl sites for hydroxylation is 2. The summed E-state index contributed by atoms with van der Waals surface area (Å²) in [5.41, 5.74) is 10.2. The normalized spacial score (nSPS) is 17.8. The molecule has 0 aliphatic heterocycles. The Morgan fingerprint density at radius 3 is 2.76 bits per heavy atom. The highest BCUT2D eigenvalue weighted by molar-refractivity contribution is 5.36. The molecule has 2 atom stereocenters. The first-order valence-corrected chi connectivity index (χ1v) is 6.73. The van der Waals surface area contributed by atoms with Gasteiger partial charge in [0.1, 0.15) is 0 Å². The maximum Gasteiger partial charge on any atom is 0.0320 e. The van der Waals surface area contributed by atoms with E-state index in [0.29, 0.717) is 12.0 Å². The second kappa shape index (κ2) is 5.65. The van der Waals surface area contributed by atoms with Gasteiger partial charge in [-0.05, 0) is 61.9 Å². The molecule has 0 saturated heterocycles. The van der Waals surface area contributed by atoms with Crippen molar-refractivity contribution in [3.8, 4) is 0 Å². The predicted octanol–water partition coefficient (Wildman–Crippen LogP) is 2.42. The summed E-state index contributed by atoms with van der Waals surface area (Å²) < 4.78 is 0. The summed E-state index contributed by atoms with van der Waals surface area (Å²) >= 11 is 0. The van der Waals surface area contributed by atoms with Crippen molar-refractivity contribution in [3.05, 3.63) is 34.9 Å². The Kier molecular flexibility index (Phi) is 4.19. The summed E-state index contributed by atoms with van der Waals surface area (Å²) in [5, 5.41) is 3.42. The van der Waals surface area contributed by atoms with E-state index >= 15 is 0 Å². The lowest BCUT2D eigenvalue weighted by Crippen LogP contribution is -2.22. The molecular formula is C15H24N2. The molecule has 17 heavy (non-hydrogen) atoms. The van der Waals surface area contributed by atoms with E-state index in [1.54, 1.807) is 11.1 Å². The molecule has 2 unspecified atom stereocenters. The average molecular weight is 232 g/mol. The summed E-state index contributed by atoms with van der Waals surface area (Å²) in [7, 11) is 2.04. The zero-order valence-corrected chi connectivity index (χ0v) is 11.0. The van der Waals surface area contributed by atoms with Crippen LogP contribution in [-0.2, 0) is 12.8 Å². The Morgan fingerprint density at radius 1 is 1.29 bits per heavy atom. The van der Waals surface area contributed by atoms with E-state index in [-0.39, 0.29) is 0 Å². The van der Waals surface area contributed by atoms with Gasteiger partial charge in [0.25, 0.3) is 0 Å². The number of rotatable bonds is 5. The van der Waals surface area contributed by atoms with Gasteiger partial charge in [-0.3, -0.25) is 0 Å². The third kappa shape index (κ3) is 2.88. The summed E-state index contributed by atoms with van der Waals surface area (Å²) in [6, 6.07) is 7.44. The van der Waals surface area contributed by atoms with E-state index in [2.05, 4.69) is 30.4 Å². The van der Waals surface area contributed by atoms with Gasteiger partial charge in [0.2, 0.25) is 0 Å². The van der Waals surface area contributed by atoms with Gasteiger partial charge in [-0.2, -0.15) is 0 Å². The lowest BCUT2D eigenvalue weighted by Gasteiger charge is -2.21. The van der Waals surface area contributed by atoms with Crippen LogP contribution in [0.15, 0.2) is 18.2 Å². The minimum absolute atomic E-state index is 0.444. The third-order valence-corrected chi connectivity index (χ3v) is 3.91. The minimum atomic E-state index is 0.444. The average Bonchev–Trinajstić information content (AvgIpc) is 2.82. The monoisotopic (exact) mass is 232 g/mol. The van der Waals surface area contributed by atoms with Gasteiger partial charge in [0.05, 0.1) is 0 Å². The molecule has 0 fully saturated rings. The van der Waals surface area contributed by atoms with Crippen molar-refractivity contribution < 1.29 is 0 Å². The fourth-order valence-electron chi connectivity index (χ4n) is 2.73. The van der Waals surface area contributed by atoms with Crippen LogP contribution in [0.1, 0.15) is 42.5 Å². The van der Waals surface area contributed by atoms with Gasteiger partial charge in [0, 0.05) is 6.04 Å². The number of benzene rings is 1. The SMILES string of the molecule is CNC(CC(C)CN)c1ccc2c(c1)CCC2. The molecule has 0 amide bonds. The molecule has 0 saturated carbocycles. The van der Waals surface area contributed by atoms with Crippen LogP contribution in [0.3, 0.4) is 0 Å². The van der Waals surface area contributed by atoms with E-state index in [1.165, 1.54) is 24.8 Å². The van der Waals surface area contributed by atoms with Crippen LogP contribution in [0, 0.1) is 5.92 Å². The number of nitrogens with one attached hydrogen (secondary N) is 1. The van der Waals surface area contributed by atoms with Gasteiger partial charge in [0.15, 0.2) is 0 Å². The Hall–Kier alpha value is -0.860. The molecule has 1 aromatic rings. The van der Waals surface area contributed by atoms with E-state index in [0.717, 1.165) is 13.0 Å². The molecule has 3 N–H and O–H groups in total. The first kappa shape index (κ1) is 12.6. The molecule has 1 aromatic carbocycles. The molecule has 1 aliphatic carbocycles. The van der Waals surface area contributed by atoms with Crippen molar-refractivity contribution >= 4 is 0 Å². The van der Waals surface area contributed by atoms with Gasteiger partial charge in [-0.25, -0.2) is 0 Å². The van der Waals surface area contributed by atoms with Crippen molar-refractivity contribution in [1.29, 1.82) is 0 Å². The smallest absolute Gasteiger partial charge is 0.0320 e. The summed E-state index contributed by atoms with van der Waals surface area (Å²) in [5.74, 6) is 0.570. The molecular weight excluding hydrogens is 208 g/mol. The topological polar surface area (TPSA) is 38.0 Å². The number of hydrogen-bond acceptors (Lipinski definition) is 2. The highest BCUT2D eigenvalue weighted by atomic mass is 14.9. The second-order valence-corrected chi connectivity index (χ2v) is 5.30. The molecule has 0 aromatic heterocycles. The van der Waals surface area contributed by atoms with Crippen molar-refractivity contribution in [3.63, 3.8) is 0 Å². The van der Waals surface area contributed by atoms with Gasteiger partial charge in [-0.15, -0.1) is 0 Å². The quantitative estimate of drug-likeness (QED) is 0.818. The van der Waals surface area contributed by atoms with Gasteiger partial charge in [-0.1, -0.05) is 25.1 Å². The van der Waals surface area contributed by atoms with Crippen molar-refractivity contribution in [1.82, 2.24) is 5.32 Å². The van der Waals surface area contributed by atoms with Crippen LogP contribution in [0.2, 0.25) is 0 Å².